The van der Waals surface area contributed by atoms with E-state index < -0.39 is 9.84 Å². The summed E-state index contributed by atoms with van der Waals surface area (Å²) in [5.74, 6) is 0. The Morgan fingerprint density at radius 3 is 2.40 bits per heavy atom. The molecule has 0 aliphatic heterocycles. The van der Waals surface area contributed by atoms with Crippen molar-refractivity contribution in [2.45, 2.75) is 16.3 Å². The SMILES string of the molecule is CN(C)CCn1cc(S(=O)(=O)c2ccccc2)c2cnccc21.Cl.Cl. The lowest BCUT2D eigenvalue weighted by atomic mass is 10.3. The van der Waals surface area contributed by atoms with Gasteiger partial charge in [-0.25, -0.2) is 8.42 Å². The molecule has 0 saturated heterocycles. The molecule has 0 bridgehead atoms. The van der Waals surface area contributed by atoms with Crippen LogP contribution in [0.25, 0.3) is 10.9 Å². The van der Waals surface area contributed by atoms with Gasteiger partial charge in [-0.3, -0.25) is 4.98 Å². The van der Waals surface area contributed by atoms with Gasteiger partial charge >= 0.3 is 0 Å². The Balaban J connectivity index is 0.00000156. The summed E-state index contributed by atoms with van der Waals surface area (Å²) in [6.07, 6.45) is 5.03. The molecule has 0 fully saturated rings. The number of benzene rings is 1. The van der Waals surface area contributed by atoms with Gasteiger partial charge in [0.2, 0.25) is 9.84 Å². The topological polar surface area (TPSA) is 55.2 Å². The van der Waals surface area contributed by atoms with E-state index >= 15 is 0 Å². The van der Waals surface area contributed by atoms with E-state index in [1.54, 1.807) is 48.9 Å². The number of rotatable bonds is 5. The second-order valence-electron chi connectivity index (χ2n) is 5.70. The summed E-state index contributed by atoms with van der Waals surface area (Å²) >= 11 is 0. The lowest BCUT2D eigenvalue weighted by molar-refractivity contribution is 0.386. The first-order valence-corrected chi connectivity index (χ1v) is 8.86. The first-order valence-electron chi connectivity index (χ1n) is 7.38. The van der Waals surface area contributed by atoms with Crippen molar-refractivity contribution in [3.8, 4) is 0 Å². The largest absolute Gasteiger partial charge is 0.345 e. The van der Waals surface area contributed by atoms with Crippen molar-refractivity contribution in [1.29, 1.82) is 0 Å². The summed E-state index contributed by atoms with van der Waals surface area (Å²) < 4.78 is 27.9. The van der Waals surface area contributed by atoms with Crippen LogP contribution in [0.4, 0.5) is 0 Å². The van der Waals surface area contributed by atoms with Gasteiger partial charge in [0, 0.05) is 37.1 Å². The van der Waals surface area contributed by atoms with Crippen LogP contribution in [-0.4, -0.2) is 43.5 Å². The van der Waals surface area contributed by atoms with Crippen molar-refractivity contribution >= 4 is 45.6 Å². The van der Waals surface area contributed by atoms with Gasteiger partial charge in [0.05, 0.1) is 15.3 Å². The van der Waals surface area contributed by atoms with Crippen LogP contribution in [0.1, 0.15) is 0 Å². The number of fused-ring (bicyclic) bond motifs is 1. The maximum Gasteiger partial charge on any atom is 0.208 e. The average molecular weight is 402 g/mol. The molecule has 0 radical (unpaired) electrons. The highest BCUT2D eigenvalue weighted by atomic mass is 35.5. The molecule has 1 aromatic carbocycles. The zero-order valence-corrected chi connectivity index (χ0v) is 16.4. The first kappa shape index (κ1) is 21.4. The lowest BCUT2D eigenvalue weighted by Crippen LogP contribution is -2.18. The highest BCUT2D eigenvalue weighted by Crippen LogP contribution is 2.29. The molecule has 2 aromatic heterocycles. The summed E-state index contributed by atoms with van der Waals surface area (Å²) in [5, 5.41) is 0.662. The highest BCUT2D eigenvalue weighted by molar-refractivity contribution is 7.91. The van der Waals surface area contributed by atoms with Gasteiger partial charge in [0.25, 0.3) is 0 Å². The second-order valence-corrected chi connectivity index (χ2v) is 7.62. The summed E-state index contributed by atoms with van der Waals surface area (Å²) in [6.45, 7) is 1.55. The minimum absolute atomic E-state index is 0. The van der Waals surface area contributed by atoms with Gasteiger partial charge in [0.1, 0.15) is 0 Å². The molecule has 0 N–H and O–H groups in total. The Morgan fingerprint density at radius 1 is 1.08 bits per heavy atom. The monoisotopic (exact) mass is 401 g/mol. The van der Waals surface area contributed by atoms with E-state index in [2.05, 4.69) is 9.88 Å². The molecule has 0 saturated carbocycles. The third-order valence-electron chi connectivity index (χ3n) is 3.78. The molecule has 0 spiro atoms. The van der Waals surface area contributed by atoms with Crippen molar-refractivity contribution in [3.63, 3.8) is 0 Å². The molecule has 2 heterocycles. The fraction of sp³-hybridized carbons (Fsp3) is 0.235. The van der Waals surface area contributed by atoms with E-state index in [-0.39, 0.29) is 24.8 Å². The van der Waals surface area contributed by atoms with Crippen molar-refractivity contribution in [3.05, 3.63) is 55.0 Å². The molecule has 0 aliphatic rings. The van der Waals surface area contributed by atoms with Crippen molar-refractivity contribution in [1.82, 2.24) is 14.5 Å². The molecule has 0 atom stereocenters. The number of halogens is 2. The Bertz CT molecular complexity index is 925. The normalized spacial score (nSPS) is 11.2. The third-order valence-corrected chi connectivity index (χ3v) is 5.57. The van der Waals surface area contributed by atoms with Crippen molar-refractivity contribution in [2.24, 2.45) is 0 Å². The Hall–Kier alpha value is -1.60. The van der Waals surface area contributed by atoms with E-state index in [1.165, 1.54) is 0 Å². The number of hydrogen-bond acceptors (Lipinski definition) is 4. The molecule has 25 heavy (non-hydrogen) atoms. The molecule has 0 amide bonds. The number of aromatic nitrogens is 2. The predicted molar refractivity (Wildman–Crippen MR) is 105 cm³/mol. The number of pyridine rings is 1. The smallest absolute Gasteiger partial charge is 0.208 e. The summed E-state index contributed by atoms with van der Waals surface area (Å²) in [7, 11) is 0.432. The minimum atomic E-state index is -3.56. The van der Waals surface area contributed by atoms with E-state index in [9.17, 15) is 8.42 Å². The van der Waals surface area contributed by atoms with Gasteiger partial charge in [-0.05, 0) is 32.3 Å². The standard InChI is InChI=1S/C17H19N3O2S.2ClH/c1-19(2)10-11-20-13-17(15-12-18-9-8-16(15)20)23(21,22)14-6-4-3-5-7-14;;/h3-9,12-13H,10-11H2,1-2H3;2*1H. The van der Waals surface area contributed by atoms with E-state index in [1.807, 2.05) is 24.7 Å². The molecule has 136 valence electrons. The van der Waals surface area contributed by atoms with Crippen molar-refractivity contribution < 1.29 is 8.42 Å². The zero-order valence-electron chi connectivity index (χ0n) is 14.0. The summed E-state index contributed by atoms with van der Waals surface area (Å²) in [4.78, 5) is 6.78. The van der Waals surface area contributed by atoms with E-state index in [0.29, 0.717) is 15.2 Å². The molecule has 8 heteroatoms. The summed E-state index contributed by atoms with van der Waals surface area (Å²) in [6, 6.07) is 10.4. The van der Waals surface area contributed by atoms with E-state index in [0.717, 1.165) is 18.6 Å². The molecule has 5 nitrogen and oxygen atoms in total. The van der Waals surface area contributed by atoms with Gasteiger partial charge in [-0.1, -0.05) is 18.2 Å². The molecule has 3 rings (SSSR count). The fourth-order valence-electron chi connectivity index (χ4n) is 2.54. The molecular weight excluding hydrogens is 381 g/mol. The van der Waals surface area contributed by atoms with Gasteiger partial charge in [-0.15, -0.1) is 24.8 Å². The van der Waals surface area contributed by atoms with Crippen LogP contribution in [0.15, 0.2) is 64.8 Å². The average Bonchev–Trinajstić information content (AvgIpc) is 2.93. The quantitative estimate of drug-likeness (QED) is 0.657. The number of nitrogens with zero attached hydrogens (tertiary/aromatic N) is 3. The second kappa shape index (κ2) is 8.67. The Kier molecular flexibility index (Phi) is 7.44. The van der Waals surface area contributed by atoms with Crippen LogP contribution in [-0.2, 0) is 16.4 Å². The molecule has 3 aromatic rings. The Labute approximate surface area is 160 Å². The van der Waals surface area contributed by atoms with E-state index in [4.69, 9.17) is 0 Å². The van der Waals surface area contributed by atoms with Gasteiger partial charge in [-0.2, -0.15) is 0 Å². The highest BCUT2D eigenvalue weighted by Gasteiger charge is 2.23. The van der Waals surface area contributed by atoms with Crippen LogP contribution in [0, 0.1) is 0 Å². The first-order chi connectivity index (χ1) is 11.0. The predicted octanol–water partition coefficient (Wildman–Crippen LogP) is 3.27. The van der Waals surface area contributed by atoms with Crippen LogP contribution in [0.2, 0.25) is 0 Å². The zero-order chi connectivity index (χ0) is 16.4. The number of likely N-dealkylation sites (N-methyl/N-ethyl adjacent to an activating group) is 1. The van der Waals surface area contributed by atoms with Gasteiger partial charge in [0.15, 0.2) is 0 Å². The van der Waals surface area contributed by atoms with Crippen LogP contribution >= 0.6 is 24.8 Å². The maximum atomic E-state index is 12.9. The molecule has 0 aliphatic carbocycles. The van der Waals surface area contributed by atoms with Crippen LogP contribution in [0.5, 0.6) is 0 Å². The van der Waals surface area contributed by atoms with Crippen LogP contribution in [0.3, 0.4) is 0 Å². The molecule has 0 unspecified atom stereocenters. The van der Waals surface area contributed by atoms with Crippen LogP contribution < -0.4 is 0 Å². The minimum Gasteiger partial charge on any atom is -0.345 e. The van der Waals surface area contributed by atoms with Gasteiger partial charge < -0.3 is 9.47 Å². The number of sulfone groups is 1. The van der Waals surface area contributed by atoms with Crippen molar-refractivity contribution in [2.75, 3.05) is 20.6 Å². The maximum absolute atomic E-state index is 12.9. The summed E-state index contributed by atoms with van der Waals surface area (Å²) in [5.41, 5.74) is 0.886. The third kappa shape index (κ3) is 4.33. The fourth-order valence-corrected chi connectivity index (χ4v) is 4.02. The lowest BCUT2D eigenvalue weighted by Gasteiger charge is -2.10. The molecular formula is C17H21Cl2N3O2S. The Morgan fingerprint density at radius 2 is 1.76 bits per heavy atom. The number of hydrogen-bond donors (Lipinski definition) is 0.